The molecule has 4 aromatic rings. The average molecular weight is 452 g/mol. The highest BCUT2D eigenvalue weighted by atomic mass is 32.2. The normalized spacial score (nSPS) is 10.7. The van der Waals surface area contributed by atoms with Crippen molar-refractivity contribution >= 4 is 56.5 Å². The van der Waals surface area contributed by atoms with E-state index >= 15 is 0 Å². The molecule has 1 aromatic heterocycles. The van der Waals surface area contributed by atoms with Crippen molar-refractivity contribution in [3.63, 3.8) is 0 Å². The van der Waals surface area contributed by atoms with Crippen molar-refractivity contribution in [1.29, 1.82) is 0 Å². The molecule has 4 rings (SSSR count). The number of anilines is 2. The van der Waals surface area contributed by atoms with Gasteiger partial charge in [-0.25, -0.2) is 9.37 Å². The van der Waals surface area contributed by atoms with E-state index in [1.807, 2.05) is 41.8 Å². The van der Waals surface area contributed by atoms with Gasteiger partial charge in [-0.3, -0.25) is 14.9 Å². The summed E-state index contributed by atoms with van der Waals surface area (Å²) in [5.41, 5.74) is 1.92. The van der Waals surface area contributed by atoms with E-state index in [0.29, 0.717) is 22.1 Å². The van der Waals surface area contributed by atoms with Gasteiger partial charge in [0.25, 0.3) is 5.91 Å². The lowest BCUT2D eigenvalue weighted by Gasteiger charge is -2.04. The van der Waals surface area contributed by atoms with E-state index in [-0.39, 0.29) is 23.4 Å². The van der Waals surface area contributed by atoms with Crippen LogP contribution in [0.2, 0.25) is 0 Å². The molecule has 0 saturated carbocycles. The summed E-state index contributed by atoms with van der Waals surface area (Å²) >= 11 is 2.76. The van der Waals surface area contributed by atoms with Crippen molar-refractivity contribution < 1.29 is 14.0 Å². The average Bonchev–Trinajstić information content (AvgIpc) is 3.22. The molecule has 0 aliphatic rings. The largest absolute Gasteiger partial charge is 0.325 e. The number of carbonyl (C=O) groups is 2. The minimum atomic E-state index is -0.348. The summed E-state index contributed by atoms with van der Waals surface area (Å²) in [7, 11) is 0. The molecule has 0 bridgehead atoms. The fourth-order valence-corrected chi connectivity index (χ4v) is 4.44. The smallest absolute Gasteiger partial charge is 0.257 e. The number of nitrogens with one attached hydrogen (secondary N) is 2. The molecule has 3 aromatic carbocycles. The van der Waals surface area contributed by atoms with Gasteiger partial charge in [0.05, 0.1) is 11.4 Å². The van der Waals surface area contributed by atoms with Crippen LogP contribution in [0.15, 0.2) is 72.1 Å². The zero-order valence-electron chi connectivity index (χ0n) is 16.3. The summed E-state index contributed by atoms with van der Waals surface area (Å²) in [4.78, 5) is 28.9. The van der Waals surface area contributed by atoms with Gasteiger partial charge in [0.1, 0.15) is 5.82 Å². The first-order valence-electron chi connectivity index (χ1n) is 9.44. The highest BCUT2D eigenvalue weighted by Gasteiger charge is 2.11. The van der Waals surface area contributed by atoms with Crippen LogP contribution in [0.25, 0.3) is 10.8 Å². The lowest BCUT2D eigenvalue weighted by molar-refractivity contribution is -0.113. The molecule has 156 valence electrons. The Bertz CT molecular complexity index is 1220. The van der Waals surface area contributed by atoms with E-state index in [1.165, 1.54) is 47.4 Å². The first-order valence-corrected chi connectivity index (χ1v) is 11.5. The van der Waals surface area contributed by atoms with Gasteiger partial charge < -0.3 is 5.32 Å². The fourth-order valence-electron chi connectivity index (χ4n) is 2.91. The molecular weight excluding hydrogens is 433 g/mol. The first kappa shape index (κ1) is 21.0. The molecule has 5 nitrogen and oxygen atoms in total. The lowest BCUT2D eigenvalue weighted by atomic mass is 10.1. The molecule has 0 fully saturated rings. The Morgan fingerprint density at radius 2 is 1.74 bits per heavy atom. The quantitative estimate of drug-likeness (QED) is 0.386. The number of thioether (sulfide) groups is 1. The van der Waals surface area contributed by atoms with Crippen molar-refractivity contribution in [2.45, 2.75) is 5.75 Å². The van der Waals surface area contributed by atoms with Crippen molar-refractivity contribution in [3.05, 3.63) is 89.2 Å². The van der Waals surface area contributed by atoms with E-state index in [2.05, 4.69) is 15.6 Å². The van der Waals surface area contributed by atoms with Crippen molar-refractivity contribution in [2.75, 3.05) is 16.4 Å². The summed E-state index contributed by atoms with van der Waals surface area (Å²) in [6.45, 7) is 0. The first-order chi connectivity index (χ1) is 15.1. The second-order valence-electron chi connectivity index (χ2n) is 6.71. The monoisotopic (exact) mass is 451 g/mol. The zero-order valence-corrected chi connectivity index (χ0v) is 17.9. The van der Waals surface area contributed by atoms with Crippen LogP contribution in [-0.2, 0) is 10.5 Å². The molecule has 0 aliphatic heterocycles. The van der Waals surface area contributed by atoms with Crippen LogP contribution in [0.3, 0.4) is 0 Å². The van der Waals surface area contributed by atoms with Crippen molar-refractivity contribution in [2.24, 2.45) is 0 Å². The fraction of sp³-hybridized carbons (Fsp3) is 0.0870. The maximum absolute atomic E-state index is 12.9. The summed E-state index contributed by atoms with van der Waals surface area (Å²) < 4.78 is 12.9. The van der Waals surface area contributed by atoms with Gasteiger partial charge in [0.2, 0.25) is 5.91 Å². The van der Waals surface area contributed by atoms with E-state index in [1.54, 1.807) is 6.07 Å². The van der Waals surface area contributed by atoms with Gasteiger partial charge in [-0.05, 0) is 47.2 Å². The maximum Gasteiger partial charge on any atom is 0.257 e. The Morgan fingerprint density at radius 1 is 0.968 bits per heavy atom. The van der Waals surface area contributed by atoms with E-state index in [4.69, 9.17) is 0 Å². The highest BCUT2D eigenvalue weighted by Crippen LogP contribution is 2.22. The predicted molar refractivity (Wildman–Crippen MR) is 125 cm³/mol. The number of amides is 2. The van der Waals surface area contributed by atoms with E-state index in [0.717, 1.165) is 16.5 Å². The summed E-state index contributed by atoms with van der Waals surface area (Å²) in [6.07, 6.45) is 0. The number of rotatable bonds is 7. The van der Waals surface area contributed by atoms with Crippen LogP contribution >= 0.6 is 23.1 Å². The minimum Gasteiger partial charge on any atom is -0.325 e. The number of halogens is 1. The van der Waals surface area contributed by atoms with Crippen molar-refractivity contribution in [1.82, 2.24) is 4.98 Å². The minimum absolute atomic E-state index is 0.170. The Balaban J connectivity index is 1.27. The Morgan fingerprint density at radius 3 is 2.55 bits per heavy atom. The number of fused-ring (bicyclic) bond motifs is 1. The molecule has 0 saturated heterocycles. The Hall–Kier alpha value is -3.23. The van der Waals surface area contributed by atoms with E-state index < -0.39 is 0 Å². The zero-order chi connectivity index (χ0) is 21.6. The van der Waals surface area contributed by atoms with Gasteiger partial charge >= 0.3 is 0 Å². The van der Waals surface area contributed by atoms with Gasteiger partial charge in [-0.1, -0.05) is 30.3 Å². The number of hydrogen-bond donors (Lipinski definition) is 2. The highest BCUT2D eigenvalue weighted by molar-refractivity contribution is 7.99. The number of carbonyl (C=O) groups excluding carboxylic acids is 2. The molecule has 8 heteroatoms. The van der Waals surface area contributed by atoms with Gasteiger partial charge in [-0.15, -0.1) is 23.1 Å². The van der Waals surface area contributed by atoms with Crippen LogP contribution in [0, 0.1) is 5.82 Å². The molecule has 0 unspecified atom stereocenters. The molecule has 0 atom stereocenters. The summed E-state index contributed by atoms with van der Waals surface area (Å²) in [5, 5.41) is 10.0. The third-order valence-corrected chi connectivity index (χ3v) is 6.17. The topological polar surface area (TPSA) is 71.1 Å². The Labute approximate surface area is 186 Å². The molecule has 2 amide bonds. The van der Waals surface area contributed by atoms with Gasteiger partial charge in [0.15, 0.2) is 5.13 Å². The van der Waals surface area contributed by atoms with Crippen LogP contribution in [0.5, 0.6) is 0 Å². The standard InChI is InChI=1S/C23H18FN3O2S2/c24-18-7-9-19(10-8-18)25-21(28)14-30-12-20-13-31-23(26-20)27-22(29)17-6-5-15-3-1-2-4-16(15)11-17/h1-11,13H,12,14H2,(H,25,28)(H,26,27,29). The predicted octanol–water partition coefficient (Wildman–Crippen LogP) is 5.56. The van der Waals surface area contributed by atoms with Gasteiger partial charge in [0, 0.05) is 22.4 Å². The van der Waals surface area contributed by atoms with Gasteiger partial charge in [-0.2, -0.15) is 0 Å². The van der Waals surface area contributed by atoms with E-state index in [9.17, 15) is 14.0 Å². The summed E-state index contributed by atoms with van der Waals surface area (Å²) in [6, 6.07) is 19.1. The molecule has 0 spiro atoms. The third-order valence-electron chi connectivity index (χ3n) is 4.39. The summed E-state index contributed by atoms with van der Waals surface area (Å²) in [5.74, 6) is 0.0569. The number of nitrogens with zero attached hydrogens (tertiary/aromatic N) is 1. The maximum atomic E-state index is 12.9. The number of benzene rings is 3. The van der Waals surface area contributed by atoms with Crippen LogP contribution in [0.1, 0.15) is 16.1 Å². The molecule has 0 radical (unpaired) electrons. The lowest BCUT2D eigenvalue weighted by Crippen LogP contribution is -2.14. The Kier molecular flexibility index (Phi) is 6.59. The van der Waals surface area contributed by atoms with Crippen LogP contribution in [0.4, 0.5) is 15.2 Å². The third kappa shape index (κ3) is 5.68. The molecule has 31 heavy (non-hydrogen) atoms. The molecule has 2 N–H and O–H groups in total. The second-order valence-corrected chi connectivity index (χ2v) is 8.55. The molecule has 0 aliphatic carbocycles. The number of aromatic nitrogens is 1. The number of hydrogen-bond acceptors (Lipinski definition) is 5. The second kappa shape index (κ2) is 9.72. The molecular formula is C23H18FN3O2S2. The molecule has 1 heterocycles. The van der Waals surface area contributed by atoms with Crippen molar-refractivity contribution in [3.8, 4) is 0 Å². The van der Waals surface area contributed by atoms with Crippen LogP contribution < -0.4 is 10.6 Å². The van der Waals surface area contributed by atoms with Crippen LogP contribution in [-0.4, -0.2) is 22.6 Å². The SMILES string of the molecule is O=C(CSCc1csc(NC(=O)c2ccc3ccccc3c2)n1)Nc1ccc(F)cc1. The number of thiazole rings is 1.